The average Bonchev–Trinajstić information content (AvgIpc) is 2.55. The van der Waals surface area contributed by atoms with Crippen molar-refractivity contribution in [2.75, 3.05) is 6.61 Å². The number of pyridine rings is 2. The number of ether oxygens (including phenoxy) is 1. The molecule has 1 unspecified atom stereocenters. The lowest BCUT2D eigenvalue weighted by Crippen LogP contribution is -2.60. The van der Waals surface area contributed by atoms with Crippen LogP contribution in [0.3, 0.4) is 0 Å². The third-order valence-corrected chi connectivity index (χ3v) is 5.68. The summed E-state index contributed by atoms with van der Waals surface area (Å²) in [4.78, 5) is 7.99. The molecule has 4 heterocycles. The van der Waals surface area contributed by atoms with Gasteiger partial charge in [-0.05, 0) is 38.7 Å². The first-order valence-corrected chi connectivity index (χ1v) is 8.52. The second-order valence-electron chi connectivity index (χ2n) is 7.80. The van der Waals surface area contributed by atoms with Crippen LogP contribution in [0, 0.1) is 5.82 Å². The summed E-state index contributed by atoms with van der Waals surface area (Å²) in [5, 5.41) is 20.9. The van der Waals surface area contributed by atoms with Crippen LogP contribution in [0.1, 0.15) is 44.6 Å². The second-order valence-corrected chi connectivity index (χ2v) is 7.80. The van der Waals surface area contributed by atoms with E-state index in [-0.39, 0.29) is 28.9 Å². The topological polar surface area (TPSA) is 101 Å². The summed E-state index contributed by atoms with van der Waals surface area (Å²) in [6.45, 7) is 2.02. The first kappa shape index (κ1) is 16.6. The van der Waals surface area contributed by atoms with E-state index in [1.807, 2.05) is 0 Å². The van der Waals surface area contributed by atoms with Gasteiger partial charge in [0.25, 0.3) is 0 Å². The van der Waals surface area contributed by atoms with E-state index < -0.39 is 17.0 Å². The SMILES string of the molecule is CC(O)(CC12CCC(N)(CC1)CO2)c1c(F)cnc2ccc(O)nc12. The van der Waals surface area contributed by atoms with Gasteiger partial charge < -0.3 is 20.7 Å². The molecule has 2 aromatic rings. The zero-order valence-corrected chi connectivity index (χ0v) is 14.1. The van der Waals surface area contributed by atoms with Crippen LogP contribution in [0.5, 0.6) is 5.88 Å². The number of fused-ring (bicyclic) bond motifs is 4. The highest BCUT2D eigenvalue weighted by molar-refractivity contribution is 5.79. The van der Waals surface area contributed by atoms with Crippen molar-refractivity contribution in [1.82, 2.24) is 9.97 Å². The highest BCUT2D eigenvalue weighted by Crippen LogP contribution is 2.48. The van der Waals surface area contributed by atoms with E-state index in [4.69, 9.17) is 10.5 Å². The van der Waals surface area contributed by atoms with Crippen molar-refractivity contribution in [2.24, 2.45) is 5.73 Å². The number of aliphatic hydroxyl groups is 1. The first-order valence-electron chi connectivity index (χ1n) is 8.52. The Kier molecular flexibility index (Phi) is 3.55. The molecule has 4 N–H and O–H groups in total. The van der Waals surface area contributed by atoms with Gasteiger partial charge in [0.1, 0.15) is 11.3 Å². The molecule has 2 aliphatic heterocycles. The van der Waals surface area contributed by atoms with E-state index >= 15 is 0 Å². The number of nitrogens with zero attached hydrogens (tertiary/aromatic N) is 2. The summed E-state index contributed by atoms with van der Waals surface area (Å²) in [5.41, 5.74) is 4.59. The Morgan fingerprint density at radius 3 is 2.68 bits per heavy atom. The van der Waals surface area contributed by atoms with Crippen LogP contribution in [0.4, 0.5) is 4.39 Å². The molecular formula is C18H22FN3O3. The Balaban J connectivity index is 1.74. The predicted octanol–water partition coefficient (Wildman–Crippen LogP) is 2.11. The van der Waals surface area contributed by atoms with Crippen LogP contribution < -0.4 is 5.73 Å². The van der Waals surface area contributed by atoms with Gasteiger partial charge in [-0.3, -0.25) is 4.98 Å². The fraction of sp³-hybridized carbons (Fsp3) is 0.556. The van der Waals surface area contributed by atoms with E-state index in [0.29, 0.717) is 12.1 Å². The standard InChI is InChI=1S/C18H22FN3O3/c1-16(24,9-18-6-4-17(20,5-7-18)10-25-18)14-11(19)8-21-12-2-3-13(23)22-15(12)14/h2-3,8,24H,4-7,9-10,20H2,1H3,(H,22,23). The number of aromatic hydroxyl groups is 1. The normalized spacial score (nSPS) is 31.2. The molecule has 1 aliphatic carbocycles. The molecule has 0 amide bonds. The Hall–Kier alpha value is -1.83. The summed E-state index contributed by atoms with van der Waals surface area (Å²) in [5.74, 6) is -0.888. The van der Waals surface area contributed by atoms with Crippen LogP contribution in [0.2, 0.25) is 0 Å². The smallest absolute Gasteiger partial charge is 0.211 e. The van der Waals surface area contributed by atoms with Crippen molar-refractivity contribution in [2.45, 2.75) is 55.8 Å². The van der Waals surface area contributed by atoms with Crippen molar-refractivity contribution in [3.05, 3.63) is 29.7 Å². The van der Waals surface area contributed by atoms with Crippen molar-refractivity contribution < 1.29 is 19.3 Å². The lowest BCUT2D eigenvalue weighted by molar-refractivity contribution is -0.181. The predicted molar refractivity (Wildman–Crippen MR) is 89.4 cm³/mol. The molecule has 134 valence electrons. The number of halogens is 1. The molecule has 1 atom stereocenters. The van der Waals surface area contributed by atoms with Crippen LogP contribution in [-0.4, -0.2) is 37.9 Å². The maximum atomic E-state index is 14.6. The van der Waals surface area contributed by atoms with Crippen LogP contribution in [0.25, 0.3) is 11.0 Å². The van der Waals surface area contributed by atoms with Crippen LogP contribution in [-0.2, 0) is 10.3 Å². The molecule has 7 heteroatoms. The number of aromatic nitrogens is 2. The highest BCUT2D eigenvalue weighted by atomic mass is 19.1. The van der Waals surface area contributed by atoms with Gasteiger partial charge in [-0.25, -0.2) is 9.37 Å². The molecule has 2 saturated heterocycles. The summed E-state index contributed by atoms with van der Waals surface area (Å²) in [6.07, 6.45) is 4.47. The lowest BCUT2D eigenvalue weighted by Gasteiger charge is -2.53. The van der Waals surface area contributed by atoms with Gasteiger partial charge in [-0.1, -0.05) is 0 Å². The molecule has 6 nitrogen and oxygen atoms in total. The molecule has 3 aliphatic rings. The number of rotatable bonds is 3. The zero-order chi connectivity index (χ0) is 17.9. The van der Waals surface area contributed by atoms with Gasteiger partial charge in [0, 0.05) is 23.6 Å². The highest BCUT2D eigenvalue weighted by Gasteiger charge is 2.51. The molecule has 0 radical (unpaired) electrons. The van der Waals surface area contributed by atoms with Gasteiger partial charge >= 0.3 is 0 Å². The average molecular weight is 347 g/mol. The molecule has 5 rings (SSSR count). The fourth-order valence-electron chi connectivity index (χ4n) is 4.28. The van der Waals surface area contributed by atoms with E-state index in [9.17, 15) is 14.6 Å². The van der Waals surface area contributed by atoms with E-state index in [1.54, 1.807) is 13.0 Å². The monoisotopic (exact) mass is 347 g/mol. The number of nitrogens with two attached hydrogens (primary N) is 1. The van der Waals surface area contributed by atoms with Crippen molar-refractivity contribution >= 4 is 11.0 Å². The summed E-state index contributed by atoms with van der Waals surface area (Å²) >= 11 is 0. The van der Waals surface area contributed by atoms with Gasteiger partial charge in [0.05, 0.1) is 29.5 Å². The van der Waals surface area contributed by atoms with Crippen LogP contribution in [0.15, 0.2) is 18.3 Å². The summed E-state index contributed by atoms with van der Waals surface area (Å²) < 4.78 is 20.6. The van der Waals surface area contributed by atoms with E-state index in [0.717, 1.165) is 31.9 Å². The maximum absolute atomic E-state index is 14.6. The number of hydrogen-bond acceptors (Lipinski definition) is 6. The third-order valence-electron chi connectivity index (χ3n) is 5.68. The fourth-order valence-corrected chi connectivity index (χ4v) is 4.28. The molecule has 0 spiro atoms. The minimum absolute atomic E-state index is 0.0431. The quantitative estimate of drug-likeness (QED) is 0.786. The van der Waals surface area contributed by atoms with Crippen molar-refractivity contribution in [3.63, 3.8) is 0 Å². The van der Waals surface area contributed by atoms with Crippen LogP contribution >= 0.6 is 0 Å². The molecule has 2 bridgehead atoms. The maximum Gasteiger partial charge on any atom is 0.211 e. The minimum Gasteiger partial charge on any atom is -0.493 e. The van der Waals surface area contributed by atoms with Gasteiger partial charge in [0.15, 0.2) is 0 Å². The van der Waals surface area contributed by atoms with Gasteiger partial charge in [-0.15, -0.1) is 0 Å². The van der Waals surface area contributed by atoms with E-state index in [1.165, 1.54) is 6.07 Å². The molecule has 1 saturated carbocycles. The Bertz CT molecular complexity index is 810. The minimum atomic E-state index is -1.52. The Morgan fingerprint density at radius 2 is 2.04 bits per heavy atom. The zero-order valence-electron chi connectivity index (χ0n) is 14.1. The van der Waals surface area contributed by atoms with Gasteiger partial charge in [-0.2, -0.15) is 0 Å². The largest absolute Gasteiger partial charge is 0.493 e. The molecule has 0 aromatic carbocycles. The Labute approximate surface area is 144 Å². The third kappa shape index (κ3) is 2.76. The lowest BCUT2D eigenvalue weighted by atomic mass is 9.67. The second kappa shape index (κ2) is 5.33. The summed E-state index contributed by atoms with van der Waals surface area (Å²) in [6, 6.07) is 2.94. The molecule has 2 aromatic heterocycles. The summed E-state index contributed by atoms with van der Waals surface area (Å²) in [7, 11) is 0. The van der Waals surface area contributed by atoms with E-state index in [2.05, 4.69) is 9.97 Å². The Morgan fingerprint density at radius 1 is 1.32 bits per heavy atom. The van der Waals surface area contributed by atoms with Gasteiger partial charge in [0.2, 0.25) is 5.88 Å². The molecule has 3 fully saturated rings. The van der Waals surface area contributed by atoms with Crippen molar-refractivity contribution in [3.8, 4) is 5.88 Å². The first-order chi connectivity index (χ1) is 11.7. The molecule has 25 heavy (non-hydrogen) atoms. The molecular weight excluding hydrogens is 325 g/mol. The number of hydrogen-bond donors (Lipinski definition) is 3. The van der Waals surface area contributed by atoms with Crippen molar-refractivity contribution in [1.29, 1.82) is 0 Å².